The van der Waals surface area contributed by atoms with Crippen LogP contribution < -0.4 is 0 Å². The van der Waals surface area contributed by atoms with E-state index >= 15 is 0 Å². The number of hydrogen-bond acceptors (Lipinski definition) is 4. The number of fused-ring (bicyclic) bond motifs is 3. The Bertz CT molecular complexity index is 2710. The van der Waals surface area contributed by atoms with Gasteiger partial charge in [0.25, 0.3) is 0 Å². The first-order valence-corrected chi connectivity index (χ1v) is 16.7. The normalized spacial score (nSPS) is 13.3. The van der Waals surface area contributed by atoms with Crippen LogP contribution >= 0.6 is 0 Å². The summed E-state index contributed by atoms with van der Waals surface area (Å²) in [4.78, 5) is 19.9. The lowest BCUT2D eigenvalue weighted by atomic mass is 9.82. The molecular weight excluding hydrogens is 597 g/mol. The minimum atomic E-state index is -0.130. The van der Waals surface area contributed by atoms with E-state index < -0.39 is 0 Å². The second-order valence-corrected chi connectivity index (χ2v) is 13.5. The van der Waals surface area contributed by atoms with E-state index in [1.54, 1.807) is 6.20 Å². The van der Waals surface area contributed by atoms with Crippen LogP contribution in [0.25, 0.3) is 88.7 Å². The number of nitrogens with zero attached hydrogens (tertiary/aromatic N) is 4. The summed E-state index contributed by atoms with van der Waals surface area (Å²) in [5.41, 5.74) is 10.2. The van der Waals surface area contributed by atoms with Gasteiger partial charge >= 0.3 is 0 Å². The van der Waals surface area contributed by atoms with Crippen molar-refractivity contribution >= 4 is 32.3 Å². The van der Waals surface area contributed by atoms with Crippen molar-refractivity contribution < 1.29 is 0 Å². The monoisotopic (exact) mass is 626 g/mol. The molecule has 1 aliphatic rings. The van der Waals surface area contributed by atoms with Gasteiger partial charge in [0, 0.05) is 34.5 Å². The molecule has 0 atom stereocenters. The third-order valence-electron chi connectivity index (χ3n) is 10.4. The highest BCUT2D eigenvalue weighted by molar-refractivity contribution is 6.25. The van der Waals surface area contributed by atoms with Crippen LogP contribution in [0.15, 0.2) is 146 Å². The van der Waals surface area contributed by atoms with Gasteiger partial charge in [-0.3, -0.25) is 4.98 Å². The molecule has 9 aromatic rings. The lowest BCUT2D eigenvalue weighted by molar-refractivity contribution is 0.660. The number of pyridine rings is 1. The Labute approximate surface area is 284 Å². The van der Waals surface area contributed by atoms with Crippen LogP contribution in [0.3, 0.4) is 0 Å². The molecule has 0 aliphatic heterocycles. The molecule has 230 valence electrons. The third-order valence-corrected chi connectivity index (χ3v) is 10.4. The summed E-state index contributed by atoms with van der Waals surface area (Å²) in [6, 6.07) is 47.6. The lowest BCUT2D eigenvalue weighted by Crippen LogP contribution is -2.15. The van der Waals surface area contributed by atoms with Crippen LogP contribution in [0.1, 0.15) is 25.0 Å². The maximum atomic E-state index is 5.24. The number of benzene rings is 7. The van der Waals surface area contributed by atoms with E-state index in [0.29, 0.717) is 17.5 Å². The summed E-state index contributed by atoms with van der Waals surface area (Å²) in [6.07, 6.45) is 3.68. The maximum absolute atomic E-state index is 5.24. The van der Waals surface area contributed by atoms with Crippen molar-refractivity contribution in [2.24, 2.45) is 0 Å². The molecule has 0 bridgehead atoms. The molecule has 0 spiro atoms. The van der Waals surface area contributed by atoms with Gasteiger partial charge in [0.05, 0.1) is 0 Å². The summed E-state index contributed by atoms with van der Waals surface area (Å²) in [5, 5.41) is 7.35. The van der Waals surface area contributed by atoms with Crippen molar-refractivity contribution in [2.45, 2.75) is 19.3 Å². The Hall–Kier alpha value is -6.26. The van der Waals surface area contributed by atoms with Crippen molar-refractivity contribution in [3.8, 4) is 56.4 Å². The summed E-state index contributed by atoms with van der Waals surface area (Å²) in [6.45, 7) is 4.61. The predicted molar refractivity (Wildman–Crippen MR) is 201 cm³/mol. The van der Waals surface area contributed by atoms with Crippen molar-refractivity contribution in [3.63, 3.8) is 0 Å². The van der Waals surface area contributed by atoms with Gasteiger partial charge in [0.15, 0.2) is 17.5 Å². The van der Waals surface area contributed by atoms with Gasteiger partial charge in [0.1, 0.15) is 0 Å². The zero-order valence-electron chi connectivity index (χ0n) is 27.1. The van der Waals surface area contributed by atoms with Gasteiger partial charge in [-0.2, -0.15) is 0 Å². The summed E-state index contributed by atoms with van der Waals surface area (Å²) >= 11 is 0. The highest BCUT2D eigenvalue weighted by Gasteiger charge is 2.35. The molecule has 2 aromatic heterocycles. The second kappa shape index (κ2) is 10.4. The van der Waals surface area contributed by atoms with E-state index in [4.69, 9.17) is 15.0 Å². The molecular formula is C45H30N4. The molecule has 1 aliphatic carbocycles. The standard InChI is InChI=1S/C45H30N4/c1-45(2)38-11-4-3-10-34(38)35-21-20-32(25-39(35)45)43-47-42(31-16-12-27(13-17-31)33-9-6-24-46-26-33)48-44(49-43)37-23-19-30-15-14-28-7-5-8-29-18-22-36(37)41(30)40(28)29/h3-26H,1-2H3. The van der Waals surface area contributed by atoms with Gasteiger partial charge in [-0.1, -0.05) is 129 Å². The molecule has 2 heterocycles. The molecule has 0 fully saturated rings. The topological polar surface area (TPSA) is 51.6 Å². The van der Waals surface area contributed by atoms with Crippen LogP contribution in [0.5, 0.6) is 0 Å². The van der Waals surface area contributed by atoms with Crippen LogP contribution in [0, 0.1) is 0 Å². The van der Waals surface area contributed by atoms with Gasteiger partial charge in [0.2, 0.25) is 0 Å². The molecule has 49 heavy (non-hydrogen) atoms. The van der Waals surface area contributed by atoms with E-state index in [9.17, 15) is 0 Å². The number of aromatic nitrogens is 4. The van der Waals surface area contributed by atoms with Crippen LogP contribution in [0.4, 0.5) is 0 Å². The molecule has 4 nitrogen and oxygen atoms in total. The highest BCUT2D eigenvalue weighted by Crippen LogP contribution is 2.49. The van der Waals surface area contributed by atoms with E-state index in [0.717, 1.165) is 33.2 Å². The fourth-order valence-corrected chi connectivity index (χ4v) is 7.87. The molecule has 7 aromatic carbocycles. The number of rotatable bonds is 4. The van der Waals surface area contributed by atoms with Gasteiger partial charge < -0.3 is 0 Å². The van der Waals surface area contributed by atoms with Crippen LogP contribution in [0.2, 0.25) is 0 Å². The van der Waals surface area contributed by atoms with E-state index in [1.807, 2.05) is 12.3 Å². The predicted octanol–water partition coefficient (Wildman–Crippen LogP) is 11.1. The quantitative estimate of drug-likeness (QED) is 0.182. The first kappa shape index (κ1) is 27.8. The van der Waals surface area contributed by atoms with Crippen molar-refractivity contribution in [1.82, 2.24) is 19.9 Å². The molecule has 0 saturated carbocycles. The van der Waals surface area contributed by atoms with E-state index in [2.05, 4.69) is 146 Å². The Morgan fingerprint density at radius 2 is 1.06 bits per heavy atom. The first-order chi connectivity index (χ1) is 24.0. The minimum absolute atomic E-state index is 0.130. The summed E-state index contributed by atoms with van der Waals surface area (Å²) in [7, 11) is 0. The SMILES string of the molecule is CC1(C)c2ccccc2-c2ccc(-c3nc(-c4ccc(-c5cccnc5)cc4)nc(-c4ccc5ccc6cccc7ccc4c5c67)n3)cc21. The lowest BCUT2D eigenvalue weighted by Gasteiger charge is -2.21. The summed E-state index contributed by atoms with van der Waals surface area (Å²) in [5.74, 6) is 1.97. The molecule has 0 amide bonds. The Morgan fingerprint density at radius 3 is 1.86 bits per heavy atom. The minimum Gasteiger partial charge on any atom is -0.264 e. The fraction of sp³-hybridized carbons (Fsp3) is 0.0667. The average molecular weight is 627 g/mol. The zero-order valence-corrected chi connectivity index (χ0v) is 27.1. The van der Waals surface area contributed by atoms with Crippen molar-refractivity contribution in [3.05, 3.63) is 157 Å². The van der Waals surface area contributed by atoms with Gasteiger partial charge in [-0.25, -0.2) is 15.0 Å². The zero-order chi connectivity index (χ0) is 32.7. The molecule has 0 N–H and O–H groups in total. The Balaban J connectivity index is 1.18. The maximum Gasteiger partial charge on any atom is 0.164 e. The van der Waals surface area contributed by atoms with Crippen molar-refractivity contribution in [1.29, 1.82) is 0 Å². The Kier molecular flexibility index (Phi) is 5.89. The second-order valence-electron chi connectivity index (χ2n) is 13.5. The average Bonchev–Trinajstić information content (AvgIpc) is 3.39. The number of hydrogen-bond donors (Lipinski definition) is 0. The smallest absolute Gasteiger partial charge is 0.164 e. The molecule has 0 saturated heterocycles. The van der Waals surface area contributed by atoms with Crippen LogP contribution in [-0.4, -0.2) is 19.9 Å². The fourth-order valence-electron chi connectivity index (χ4n) is 7.87. The molecule has 4 heteroatoms. The van der Waals surface area contributed by atoms with E-state index in [1.165, 1.54) is 49.2 Å². The molecule has 0 unspecified atom stereocenters. The summed E-state index contributed by atoms with van der Waals surface area (Å²) < 4.78 is 0. The first-order valence-electron chi connectivity index (χ1n) is 16.7. The third kappa shape index (κ3) is 4.24. The largest absolute Gasteiger partial charge is 0.264 e. The Morgan fingerprint density at radius 1 is 0.429 bits per heavy atom. The van der Waals surface area contributed by atoms with E-state index in [-0.39, 0.29) is 5.41 Å². The molecule has 0 radical (unpaired) electrons. The highest BCUT2D eigenvalue weighted by atomic mass is 15.0. The van der Waals surface area contributed by atoms with Gasteiger partial charge in [-0.05, 0) is 83.9 Å². The van der Waals surface area contributed by atoms with Crippen LogP contribution in [-0.2, 0) is 5.41 Å². The molecule has 10 rings (SSSR count). The van der Waals surface area contributed by atoms with Gasteiger partial charge in [-0.15, -0.1) is 0 Å². The van der Waals surface area contributed by atoms with Crippen molar-refractivity contribution in [2.75, 3.05) is 0 Å².